The number of hydrogen-bond acceptors (Lipinski definition) is 4. The molecule has 0 aromatic heterocycles. The Hall–Kier alpha value is -1.53. The molecule has 0 bridgehead atoms. The molecule has 1 saturated heterocycles. The number of thioether (sulfide) groups is 1. The molecule has 0 unspecified atom stereocenters. The summed E-state index contributed by atoms with van der Waals surface area (Å²) in [5, 5.41) is 2.59. The number of carbonyl (C=O) groups excluding carboxylic acids is 2. The van der Waals surface area contributed by atoms with Crippen LogP contribution in [0.15, 0.2) is 29.2 Å². The summed E-state index contributed by atoms with van der Waals surface area (Å²) in [6, 6.07) is 7.52. The molecule has 1 fully saturated rings. The van der Waals surface area contributed by atoms with Gasteiger partial charge in [-0.05, 0) is 31.2 Å². The quantitative estimate of drug-likeness (QED) is 0.864. The van der Waals surface area contributed by atoms with Gasteiger partial charge >= 0.3 is 0 Å². The van der Waals surface area contributed by atoms with E-state index in [1.807, 2.05) is 36.1 Å². The summed E-state index contributed by atoms with van der Waals surface area (Å²) in [6.45, 7) is 5.98. The number of ether oxygens (including phenoxy) is 1. The van der Waals surface area contributed by atoms with E-state index in [9.17, 15) is 9.59 Å². The number of nitrogens with zero attached hydrogens (tertiary/aromatic N) is 1. The van der Waals surface area contributed by atoms with Gasteiger partial charge in [-0.1, -0.05) is 0 Å². The Morgan fingerprint density at radius 2 is 1.86 bits per heavy atom. The Labute approximate surface area is 129 Å². The number of nitrogens with one attached hydrogen (secondary N) is 1. The molecular formula is C15H20N2O3S. The molecule has 1 atom stereocenters. The van der Waals surface area contributed by atoms with Gasteiger partial charge < -0.3 is 15.0 Å². The van der Waals surface area contributed by atoms with E-state index in [1.54, 1.807) is 0 Å². The van der Waals surface area contributed by atoms with Crippen LogP contribution in [0.4, 0.5) is 5.69 Å². The summed E-state index contributed by atoms with van der Waals surface area (Å²) in [7, 11) is 0. The Morgan fingerprint density at radius 3 is 2.43 bits per heavy atom. The lowest BCUT2D eigenvalue weighted by atomic mass is 10.3. The molecule has 0 saturated carbocycles. The second kappa shape index (κ2) is 7.47. The molecule has 1 aromatic carbocycles. The summed E-state index contributed by atoms with van der Waals surface area (Å²) < 4.78 is 5.26. The Morgan fingerprint density at radius 1 is 1.24 bits per heavy atom. The molecule has 114 valence electrons. The molecule has 0 aliphatic carbocycles. The van der Waals surface area contributed by atoms with Crippen molar-refractivity contribution in [1.29, 1.82) is 0 Å². The van der Waals surface area contributed by atoms with Crippen molar-refractivity contribution >= 4 is 29.3 Å². The summed E-state index contributed by atoms with van der Waals surface area (Å²) in [5.74, 6) is 0.0560. The summed E-state index contributed by atoms with van der Waals surface area (Å²) in [4.78, 5) is 26.1. The number of hydrogen-bond donors (Lipinski definition) is 1. The van der Waals surface area contributed by atoms with Crippen molar-refractivity contribution in [1.82, 2.24) is 4.90 Å². The zero-order valence-electron chi connectivity index (χ0n) is 12.3. The number of amides is 2. The van der Waals surface area contributed by atoms with Gasteiger partial charge in [0.05, 0.1) is 18.5 Å². The van der Waals surface area contributed by atoms with Crippen molar-refractivity contribution < 1.29 is 14.3 Å². The SMILES string of the molecule is CC(=O)Nc1ccc(S[C@H](C)C(=O)N2CCOCC2)cc1. The Bertz CT molecular complexity index is 498. The van der Waals surface area contributed by atoms with Gasteiger partial charge in [0.15, 0.2) is 0 Å². The second-order valence-corrected chi connectivity index (χ2v) is 6.32. The third-order valence-corrected chi connectivity index (χ3v) is 4.26. The smallest absolute Gasteiger partial charge is 0.235 e. The predicted molar refractivity (Wildman–Crippen MR) is 83.5 cm³/mol. The minimum Gasteiger partial charge on any atom is -0.378 e. The van der Waals surface area contributed by atoms with Crippen LogP contribution in [0, 0.1) is 0 Å². The number of carbonyl (C=O) groups is 2. The first-order chi connectivity index (χ1) is 10.1. The van der Waals surface area contributed by atoms with Crippen LogP contribution in [0.1, 0.15) is 13.8 Å². The van der Waals surface area contributed by atoms with Gasteiger partial charge in [-0.25, -0.2) is 0 Å². The Balaban J connectivity index is 1.90. The molecule has 6 heteroatoms. The minimum absolute atomic E-state index is 0.0914. The van der Waals surface area contributed by atoms with Crippen LogP contribution in [0.2, 0.25) is 0 Å². The van der Waals surface area contributed by atoms with Crippen molar-refractivity contribution in [2.75, 3.05) is 31.6 Å². The van der Waals surface area contributed by atoms with Crippen LogP contribution in [-0.4, -0.2) is 48.3 Å². The van der Waals surface area contributed by atoms with E-state index in [0.717, 1.165) is 10.6 Å². The highest BCUT2D eigenvalue weighted by molar-refractivity contribution is 8.00. The molecular weight excluding hydrogens is 288 g/mol. The van der Waals surface area contributed by atoms with Gasteiger partial charge in [0, 0.05) is 30.6 Å². The lowest BCUT2D eigenvalue weighted by Crippen LogP contribution is -2.44. The summed E-state index contributed by atoms with van der Waals surface area (Å²) in [6.07, 6.45) is 0. The van der Waals surface area contributed by atoms with Crippen LogP contribution < -0.4 is 5.32 Å². The number of benzene rings is 1. The molecule has 2 rings (SSSR count). The van der Waals surface area contributed by atoms with Crippen molar-refractivity contribution in [3.05, 3.63) is 24.3 Å². The summed E-state index contributed by atoms with van der Waals surface area (Å²) >= 11 is 1.53. The molecule has 0 radical (unpaired) electrons. The third kappa shape index (κ3) is 4.75. The van der Waals surface area contributed by atoms with Crippen molar-refractivity contribution in [2.24, 2.45) is 0 Å². The Kier molecular flexibility index (Phi) is 5.64. The maximum Gasteiger partial charge on any atom is 0.235 e. The van der Waals surface area contributed by atoms with Gasteiger partial charge in [-0.2, -0.15) is 0 Å². The molecule has 1 aliphatic rings. The predicted octanol–water partition coefficient (Wildman–Crippen LogP) is 1.98. The number of rotatable bonds is 4. The van der Waals surface area contributed by atoms with Crippen molar-refractivity contribution in [3.8, 4) is 0 Å². The monoisotopic (exact) mass is 308 g/mol. The normalized spacial score (nSPS) is 16.4. The maximum atomic E-state index is 12.3. The standard InChI is InChI=1S/C15H20N2O3S/c1-11(15(19)17-7-9-20-10-8-17)21-14-5-3-13(4-6-14)16-12(2)18/h3-6,11H,7-10H2,1-2H3,(H,16,18)/t11-/m1/s1. The van der Waals surface area contributed by atoms with Crippen molar-refractivity contribution in [3.63, 3.8) is 0 Å². The lowest BCUT2D eigenvalue weighted by molar-refractivity contribution is -0.134. The first-order valence-corrected chi connectivity index (χ1v) is 7.85. The van der Waals surface area contributed by atoms with Crippen LogP contribution >= 0.6 is 11.8 Å². The van der Waals surface area contributed by atoms with Gasteiger partial charge in [-0.3, -0.25) is 9.59 Å². The average Bonchev–Trinajstić information content (AvgIpc) is 2.49. The van der Waals surface area contributed by atoms with E-state index < -0.39 is 0 Å². The molecule has 1 aromatic rings. The maximum absolute atomic E-state index is 12.3. The van der Waals surface area contributed by atoms with E-state index >= 15 is 0 Å². The zero-order chi connectivity index (χ0) is 15.2. The van der Waals surface area contributed by atoms with Gasteiger partial charge in [0.1, 0.15) is 0 Å². The minimum atomic E-state index is -0.130. The number of morpholine rings is 1. The zero-order valence-corrected chi connectivity index (χ0v) is 13.1. The summed E-state index contributed by atoms with van der Waals surface area (Å²) in [5.41, 5.74) is 0.763. The van der Waals surface area contributed by atoms with Crippen LogP contribution in [0.3, 0.4) is 0 Å². The molecule has 2 amide bonds. The highest BCUT2D eigenvalue weighted by Gasteiger charge is 2.23. The largest absolute Gasteiger partial charge is 0.378 e. The van der Waals surface area contributed by atoms with E-state index in [4.69, 9.17) is 4.74 Å². The van der Waals surface area contributed by atoms with E-state index in [2.05, 4.69) is 5.32 Å². The van der Waals surface area contributed by atoms with E-state index in [-0.39, 0.29) is 17.1 Å². The van der Waals surface area contributed by atoms with Gasteiger partial charge in [0.25, 0.3) is 0 Å². The van der Waals surface area contributed by atoms with E-state index in [1.165, 1.54) is 18.7 Å². The fourth-order valence-corrected chi connectivity index (χ4v) is 3.07. The second-order valence-electron chi connectivity index (χ2n) is 4.90. The molecule has 5 nitrogen and oxygen atoms in total. The van der Waals surface area contributed by atoms with E-state index in [0.29, 0.717) is 26.3 Å². The van der Waals surface area contributed by atoms with Crippen LogP contribution in [-0.2, 0) is 14.3 Å². The topological polar surface area (TPSA) is 58.6 Å². The molecule has 1 N–H and O–H groups in total. The fourth-order valence-electron chi connectivity index (χ4n) is 2.12. The average molecular weight is 308 g/mol. The molecule has 21 heavy (non-hydrogen) atoms. The third-order valence-electron chi connectivity index (χ3n) is 3.16. The van der Waals surface area contributed by atoms with Crippen molar-refractivity contribution in [2.45, 2.75) is 24.0 Å². The fraction of sp³-hybridized carbons (Fsp3) is 0.467. The lowest BCUT2D eigenvalue weighted by Gasteiger charge is -2.29. The first kappa shape index (κ1) is 15.9. The first-order valence-electron chi connectivity index (χ1n) is 6.97. The molecule has 1 aliphatic heterocycles. The molecule has 1 heterocycles. The van der Waals surface area contributed by atoms with Gasteiger partial charge in [-0.15, -0.1) is 11.8 Å². The highest BCUT2D eigenvalue weighted by atomic mass is 32.2. The van der Waals surface area contributed by atoms with Crippen LogP contribution in [0.25, 0.3) is 0 Å². The highest BCUT2D eigenvalue weighted by Crippen LogP contribution is 2.26. The van der Waals surface area contributed by atoms with Crippen LogP contribution in [0.5, 0.6) is 0 Å². The molecule has 0 spiro atoms. The van der Waals surface area contributed by atoms with Gasteiger partial charge in [0.2, 0.25) is 11.8 Å². The number of anilines is 1.